The highest BCUT2D eigenvalue weighted by Crippen LogP contribution is 2.24. The molecule has 0 unspecified atom stereocenters. The molecule has 0 radical (unpaired) electrons. The van der Waals surface area contributed by atoms with Crippen LogP contribution in [0.2, 0.25) is 0 Å². The summed E-state index contributed by atoms with van der Waals surface area (Å²) in [6, 6.07) is 7.04. The zero-order valence-corrected chi connectivity index (χ0v) is 14.5. The summed E-state index contributed by atoms with van der Waals surface area (Å²) in [5.74, 6) is 0.374. The van der Waals surface area contributed by atoms with Gasteiger partial charge in [0.25, 0.3) is 0 Å². The first kappa shape index (κ1) is 16.4. The van der Waals surface area contributed by atoms with Gasteiger partial charge in [0.05, 0.1) is 10.6 Å². The number of sulfonamides is 1. The van der Waals surface area contributed by atoms with E-state index in [0.29, 0.717) is 26.2 Å². The quantitative estimate of drug-likeness (QED) is 0.830. The molecule has 2 aliphatic rings. The first-order valence-corrected chi connectivity index (χ1v) is 9.84. The molecule has 2 aromatic rings. The van der Waals surface area contributed by atoms with Crippen molar-refractivity contribution < 1.29 is 12.8 Å². The third kappa shape index (κ3) is 3.11. The number of hydrogen-bond donors (Lipinski definition) is 0. The average Bonchev–Trinajstić information content (AvgIpc) is 3.10. The SMILES string of the molecule is O=S(=O)(c1ccc(F)cc1)N1CCN(c2cc3c(nn2)CCC3)CC1. The summed E-state index contributed by atoms with van der Waals surface area (Å²) in [5.41, 5.74) is 2.34. The van der Waals surface area contributed by atoms with E-state index in [9.17, 15) is 12.8 Å². The Labute approximate surface area is 146 Å². The Bertz CT molecular complexity index is 878. The second-order valence-electron chi connectivity index (χ2n) is 6.37. The monoisotopic (exact) mass is 362 g/mol. The molecule has 1 aliphatic heterocycles. The van der Waals surface area contributed by atoms with Crippen LogP contribution in [0.3, 0.4) is 0 Å². The minimum Gasteiger partial charge on any atom is -0.352 e. The van der Waals surface area contributed by atoms with Gasteiger partial charge in [-0.1, -0.05) is 0 Å². The zero-order valence-electron chi connectivity index (χ0n) is 13.7. The Morgan fingerprint density at radius 1 is 0.960 bits per heavy atom. The number of aryl methyl sites for hydroxylation is 2. The molecule has 132 valence electrons. The molecule has 2 heterocycles. The van der Waals surface area contributed by atoms with Crippen molar-refractivity contribution in [1.29, 1.82) is 0 Å². The molecule has 1 fully saturated rings. The number of fused-ring (bicyclic) bond motifs is 1. The van der Waals surface area contributed by atoms with Gasteiger partial charge in [-0.25, -0.2) is 12.8 Å². The van der Waals surface area contributed by atoms with Gasteiger partial charge in [0.2, 0.25) is 10.0 Å². The van der Waals surface area contributed by atoms with Crippen molar-refractivity contribution >= 4 is 15.8 Å². The van der Waals surface area contributed by atoms with E-state index in [0.717, 1.165) is 30.8 Å². The number of aromatic nitrogens is 2. The predicted molar refractivity (Wildman–Crippen MR) is 91.4 cm³/mol. The van der Waals surface area contributed by atoms with E-state index in [2.05, 4.69) is 21.2 Å². The lowest BCUT2D eigenvalue weighted by Gasteiger charge is -2.34. The lowest BCUT2D eigenvalue weighted by atomic mass is 10.2. The lowest BCUT2D eigenvalue weighted by Crippen LogP contribution is -2.49. The Morgan fingerprint density at radius 3 is 2.40 bits per heavy atom. The molecule has 1 saturated heterocycles. The molecular formula is C17H19FN4O2S. The molecule has 1 aromatic heterocycles. The third-order valence-electron chi connectivity index (χ3n) is 4.82. The van der Waals surface area contributed by atoms with Crippen LogP contribution < -0.4 is 4.90 Å². The number of anilines is 1. The van der Waals surface area contributed by atoms with Crippen LogP contribution in [0.25, 0.3) is 0 Å². The fourth-order valence-corrected chi connectivity index (χ4v) is 4.81. The summed E-state index contributed by atoms with van der Waals surface area (Å²) >= 11 is 0. The molecule has 0 N–H and O–H groups in total. The van der Waals surface area contributed by atoms with Gasteiger partial charge in [0, 0.05) is 26.2 Å². The van der Waals surface area contributed by atoms with Gasteiger partial charge in [0.15, 0.2) is 5.82 Å². The molecule has 0 spiro atoms. The van der Waals surface area contributed by atoms with Gasteiger partial charge >= 0.3 is 0 Å². The predicted octanol–water partition coefficient (Wildman–Crippen LogP) is 1.62. The largest absolute Gasteiger partial charge is 0.352 e. The van der Waals surface area contributed by atoms with Crippen molar-refractivity contribution in [3.63, 3.8) is 0 Å². The molecule has 25 heavy (non-hydrogen) atoms. The van der Waals surface area contributed by atoms with Crippen LogP contribution >= 0.6 is 0 Å². The Hall–Kier alpha value is -2.06. The molecule has 4 rings (SSSR count). The second-order valence-corrected chi connectivity index (χ2v) is 8.31. The first-order valence-electron chi connectivity index (χ1n) is 8.40. The number of rotatable bonds is 3. The lowest BCUT2D eigenvalue weighted by molar-refractivity contribution is 0.383. The summed E-state index contributed by atoms with van der Waals surface area (Å²) in [6.45, 7) is 1.87. The van der Waals surface area contributed by atoms with Gasteiger partial charge < -0.3 is 4.90 Å². The molecule has 1 aliphatic carbocycles. The standard InChI is InChI=1S/C17H19FN4O2S/c18-14-4-6-15(7-5-14)25(23,24)22-10-8-21(9-11-22)17-12-13-2-1-3-16(13)19-20-17/h4-7,12H,1-3,8-11H2. The molecule has 0 amide bonds. The number of nitrogens with zero attached hydrogens (tertiary/aromatic N) is 4. The maximum Gasteiger partial charge on any atom is 0.243 e. The normalized spacial score (nSPS) is 18.4. The zero-order chi connectivity index (χ0) is 17.4. The van der Waals surface area contributed by atoms with Crippen molar-refractivity contribution in [3.8, 4) is 0 Å². The van der Waals surface area contributed by atoms with Crippen LogP contribution in [0.15, 0.2) is 35.2 Å². The van der Waals surface area contributed by atoms with Gasteiger partial charge in [0.1, 0.15) is 5.82 Å². The van der Waals surface area contributed by atoms with Crippen molar-refractivity contribution in [2.24, 2.45) is 0 Å². The number of benzene rings is 1. The number of piperazine rings is 1. The van der Waals surface area contributed by atoms with Crippen LogP contribution in [-0.2, 0) is 22.9 Å². The van der Waals surface area contributed by atoms with E-state index in [-0.39, 0.29) is 4.90 Å². The number of hydrogen-bond acceptors (Lipinski definition) is 5. The van der Waals surface area contributed by atoms with Crippen LogP contribution in [0.4, 0.5) is 10.2 Å². The second kappa shape index (κ2) is 6.34. The van der Waals surface area contributed by atoms with E-state index in [1.165, 1.54) is 34.1 Å². The fraction of sp³-hybridized carbons (Fsp3) is 0.412. The van der Waals surface area contributed by atoms with Crippen molar-refractivity contribution in [2.75, 3.05) is 31.1 Å². The Kier molecular flexibility index (Phi) is 4.16. The minimum absolute atomic E-state index is 0.125. The Balaban J connectivity index is 1.47. The van der Waals surface area contributed by atoms with Crippen LogP contribution in [0.5, 0.6) is 0 Å². The topological polar surface area (TPSA) is 66.4 Å². The van der Waals surface area contributed by atoms with E-state index in [1.807, 2.05) is 0 Å². The summed E-state index contributed by atoms with van der Waals surface area (Å²) in [5, 5.41) is 8.59. The summed E-state index contributed by atoms with van der Waals surface area (Å²) < 4.78 is 39.8. The van der Waals surface area contributed by atoms with Gasteiger partial charge in [-0.2, -0.15) is 9.40 Å². The molecule has 6 nitrogen and oxygen atoms in total. The molecular weight excluding hydrogens is 343 g/mol. The maximum absolute atomic E-state index is 13.0. The van der Waals surface area contributed by atoms with Gasteiger partial charge in [-0.05, 0) is 55.2 Å². The van der Waals surface area contributed by atoms with E-state index in [4.69, 9.17) is 0 Å². The van der Waals surface area contributed by atoms with Crippen molar-refractivity contribution in [2.45, 2.75) is 24.2 Å². The van der Waals surface area contributed by atoms with Crippen LogP contribution in [-0.4, -0.2) is 49.1 Å². The highest BCUT2D eigenvalue weighted by molar-refractivity contribution is 7.89. The smallest absolute Gasteiger partial charge is 0.243 e. The van der Waals surface area contributed by atoms with Gasteiger partial charge in [-0.3, -0.25) is 0 Å². The molecule has 0 bridgehead atoms. The van der Waals surface area contributed by atoms with Crippen molar-refractivity contribution in [3.05, 3.63) is 47.4 Å². The summed E-state index contributed by atoms with van der Waals surface area (Å²) in [6.07, 6.45) is 3.15. The maximum atomic E-state index is 13.0. The van der Waals surface area contributed by atoms with Crippen molar-refractivity contribution in [1.82, 2.24) is 14.5 Å². The fourth-order valence-electron chi connectivity index (χ4n) is 3.38. The average molecular weight is 362 g/mol. The molecule has 0 atom stereocenters. The van der Waals surface area contributed by atoms with E-state index < -0.39 is 15.8 Å². The third-order valence-corrected chi connectivity index (χ3v) is 6.73. The van der Waals surface area contributed by atoms with Gasteiger partial charge in [-0.15, -0.1) is 5.10 Å². The highest BCUT2D eigenvalue weighted by atomic mass is 32.2. The highest BCUT2D eigenvalue weighted by Gasteiger charge is 2.29. The number of halogens is 1. The van der Waals surface area contributed by atoms with Crippen LogP contribution in [0.1, 0.15) is 17.7 Å². The summed E-state index contributed by atoms with van der Waals surface area (Å²) in [7, 11) is -3.59. The minimum atomic E-state index is -3.59. The van der Waals surface area contributed by atoms with E-state index in [1.54, 1.807) is 0 Å². The van der Waals surface area contributed by atoms with Crippen LogP contribution in [0, 0.1) is 5.82 Å². The summed E-state index contributed by atoms with van der Waals surface area (Å²) in [4.78, 5) is 2.20. The molecule has 0 saturated carbocycles. The first-order chi connectivity index (χ1) is 12.0. The molecule has 1 aromatic carbocycles. The Morgan fingerprint density at radius 2 is 1.68 bits per heavy atom. The molecule has 8 heteroatoms. The van der Waals surface area contributed by atoms with E-state index >= 15 is 0 Å².